The number of methoxy groups -OCH3 is 1. The Hall–Kier alpha value is -2.85. The van der Waals surface area contributed by atoms with E-state index in [1.54, 1.807) is 0 Å². The van der Waals surface area contributed by atoms with Gasteiger partial charge in [0.15, 0.2) is 0 Å². The first-order chi connectivity index (χ1) is 17.2. The lowest BCUT2D eigenvalue weighted by molar-refractivity contribution is 0.0600. The van der Waals surface area contributed by atoms with Crippen molar-refractivity contribution in [3.8, 4) is 5.75 Å². The number of unbranched alkanes of at least 4 members (excludes halogenated alkanes) is 2. The first-order valence-electron chi connectivity index (χ1n) is 12.4. The molecular formula is C31H35BrO3. The first kappa shape index (κ1) is 26.7. The summed E-state index contributed by atoms with van der Waals surface area (Å²) < 4.78 is 10.9. The lowest BCUT2D eigenvalue weighted by Crippen LogP contribution is -2.04. The number of aryl methyl sites for hydroxylation is 1. The molecule has 0 saturated heterocycles. The zero-order chi connectivity index (χ0) is 24.7. The summed E-state index contributed by atoms with van der Waals surface area (Å²) in [5.74, 6) is 1.01. The van der Waals surface area contributed by atoms with Crippen LogP contribution in [0.3, 0.4) is 0 Å². The number of carbonyl (C=O) groups excluding carboxylic acids is 1. The summed E-state index contributed by atoms with van der Waals surface area (Å²) in [5, 5.41) is 0.934. The third-order valence-corrected chi connectivity index (χ3v) is 6.49. The number of allylic oxidation sites excluding steroid dienone is 1. The maximum atomic E-state index is 11.7. The fourth-order valence-corrected chi connectivity index (χ4v) is 4.62. The first-order valence-corrected chi connectivity index (χ1v) is 13.5. The molecule has 0 saturated carbocycles. The third-order valence-electron chi connectivity index (χ3n) is 6.03. The number of ether oxygens (including phenoxy) is 2. The highest BCUT2D eigenvalue weighted by molar-refractivity contribution is 9.09. The number of benzene rings is 3. The fraction of sp³-hybridized carbons (Fsp3) is 0.323. The molecule has 0 heterocycles. The molecule has 4 heteroatoms. The highest BCUT2D eigenvalue weighted by Crippen LogP contribution is 2.23. The smallest absolute Gasteiger partial charge is 0.337 e. The molecule has 0 aliphatic carbocycles. The second-order valence-corrected chi connectivity index (χ2v) is 9.47. The maximum absolute atomic E-state index is 11.7. The Morgan fingerprint density at radius 3 is 2.37 bits per heavy atom. The minimum atomic E-state index is -0.304. The summed E-state index contributed by atoms with van der Waals surface area (Å²) in [6.45, 7) is 0.733. The normalized spacial score (nSPS) is 11.9. The van der Waals surface area contributed by atoms with Gasteiger partial charge >= 0.3 is 5.97 Å². The number of carbonyl (C=O) groups is 1. The zero-order valence-corrected chi connectivity index (χ0v) is 22.1. The molecule has 3 aromatic carbocycles. The Kier molecular flexibility index (Phi) is 11.6. The van der Waals surface area contributed by atoms with Crippen molar-refractivity contribution in [1.29, 1.82) is 0 Å². The van der Waals surface area contributed by atoms with Crippen molar-refractivity contribution >= 4 is 28.0 Å². The van der Waals surface area contributed by atoms with E-state index in [0.717, 1.165) is 55.4 Å². The molecular weight excluding hydrogens is 500 g/mol. The molecule has 3 aromatic rings. The zero-order valence-electron chi connectivity index (χ0n) is 20.5. The molecule has 3 rings (SSSR count). The molecule has 0 amide bonds. The minimum Gasteiger partial charge on any atom is -0.493 e. The Morgan fingerprint density at radius 1 is 0.886 bits per heavy atom. The molecule has 0 aromatic heterocycles. The highest BCUT2D eigenvalue weighted by atomic mass is 79.9. The van der Waals surface area contributed by atoms with Gasteiger partial charge in [-0.25, -0.2) is 4.79 Å². The van der Waals surface area contributed by atoms with Gasteiger partial charge in [-0.15, -0.1) is 0 Å². The van der Waals surface area contributed by atoms with Gasteiger partial charge in [-0.05, 0) is 73.8 Å². The van der Waals surface area contributed by atoms with E-state index >= 15 is 0 Å². The molecule has 1 atom stereocenters. The Balaban J connectivity index is 1.51. The lowest BCUT2D eigenvalue weighted by atomic mass is 9.95. The molecule has 0 spiro atoms. The van der Waals surface area contributed by atoms with Gasteiger partial charge in [0.05, 0.1) is 19.3 Å². The van der Waals surface area contributed by atoms with Gasteiger partial charge in [0.1, 0.15) is 5.75 Å². The van der Waals surface area contributed by atoms with Crippen molar-refractivity contribution in [2.75, 3.05) is 19.0 Å². The molecule has 0 aliphatic heterocycles. The van der Waals surface area contributed by atoms with E-state index < -0.39 is 0 Å². The van der Waals surface area contributed by atoms with E-state index in [1.165, 1.54) is 24.7 Å². The van der Waals surface area contributed by atoms with E-state index in [4.69, 9.17) is 9.47 Å². The average Bonchev–Trinajstić information content (AvgIpc) is 2.90. The van der Waals surface area contributed by atoms with Crippen molar-refractivity contribution in [2.24, 2.45) is 5.92 Å². The van der Waals surface area contributed by atoms with Crippen LogP contribution < -0.4 is 4.74 Å². The molecule has 35 heavy (non-hydrogen) atoms. The standard InChI is InChI=1S/C31H35BrO3/c1-34-31(33)29-19-16-26(17-20-29)24-27(21-22-32)15-18-28-13-7-8-14-30(28)35-23-9-3-6-12-25-10-4-2-5-11-25/h2,4-5,7-8,10-11,13-20,27H,3,6,9,12,21-24H2,1H3. The van der Waals surface area contributed by atoms with Gasteiger partial charge in [-0.3, -0.25) is 0 Å². The van der Waals surface area contributed by atoms with Crippen LogP contribution in [0.5, 0.6) is 5.75 Å². The summed E-state index contributed by atoms with van der Waals surface area (Å²) in [6, 6.07) is 26.6. The van der Waals surface area contributed by atoms with Gasteiger partial charge in [0.25, 0.3) is 0 Å². The predicted molar refractivity (Wildman–Crippen MR) is 148 cm³/mol. The summed E-state index contributed by atoms with van der Waals surface area (Å²) in [6.07, 6.45) is 10.9. The Bertz CT molecular complexity index is 1040. The number of esters is 1. The molecule has 0 fully saturated rings. The van der Waals surface area contributed by atoms with E-state index in [9.17, 15) is 4.79 Å². The Labute approximate surface area is 218 Å². The largest absolute Gasteiger partial charge is 0.493 e. The summed E-state index contributed by atoms with van der Waals surface area (Å²) in [7, 11) is 1.40. The monoisotopic (exact) mass is 534 g/mol. The number of alkyl halides is 1. The quantitative estimate of drug-likeness (QED) is 0.120. The van der Waals surface area contributed by atoms with Crippen LogP contribution in [0.15, 0.2) is 84.9 Å². The third kappa shape index (κ3) is 9.37. The van der Waals surface area contributed by atoms with E-state index in [2.05, 4.69) is 76.6 Å². The van der Waals surface area contributed by atoms with Gasteiger partial charge in [0.2, 0.25) is 0 Å². The number of para-hydroxylation sites is 1. The van der Waals surface area contributed by atoms with Crippen molar-refractivity contribution in [2.45, 2.75) is 38.5 Å². The van der Waals surface area contributed by atoms with Crippen LogP contribution >= 0.6 is 15.9 Å². The predicted octanol–water partition coefficient (Wildman–Crippen LogP) is 7.92. The Morgan fingerprint density at radius 2 is 1.63 bits per heavy atom. The van der Waals surface area contributed by atoms with Crippen LogP contribution in [0.25, 0.3) is 6.08 Å². The van der Waals surface area contributed by atoms with Crippen molar-refractivity contribution < 1.29 is 14.3 Å². The second-order valence-electron chi connectivity index (χ2n) is 8.67. The highest BCUT2D eigenvalue weighted by Gasteiger charge is 2.09. The van der Waals surface area contributed by atoms with Crippen molar-refractivity contribution in [3.63, 3.8) is 0 Å². The van der Waals surface area contributed by atoms with Crippen molar-refractivity contribution in [3.05, 3.63) is 107 Å². The number of halogens is 1. The van der Waals surface area contributed by atoms with Gasteiger partial charge in [0, 0.05) is 10.9 Å². The van der Waals surface area contributed by atoms with Crippen LogP contribution in [0.4, 0.5) is 0 Å². The molecule has 0 radical (unpaired) electrons. The number of hydrogen-bond acceptors (Lipinski definition) is 3. The lowest BCUT2D eigenvalue weighted by Gasteiger charge is -2.13. The summed E-state index contributed by atoms with van der Waals surface area (Å²) >= 11 is 3.59. The van der Waals surface area contributed by atoms with Crippen LogP contribution in [0, 0.1) is 5.92 Å². The summed E-state index contributed by atoms with van der Waals surface area (Å²) in [5.41, 5.74) is 4.29. The van der Waals surface area contributed by atoms with Crippen LogP contribution in [-0.2, 0) is 17.6 Å². The summed E-state index contributed by atoms with van der Waals surface area (Å²) in [4.78, 5) is 11.7. The average molecular weight is 536 g/mol. The molecule has 0 N–H and O–H groups in total. The van der Waals surface area contributed by atoms with Gasteiger partial charge < -0.3 is 9.47 Å². The maximum Gasteiger partial charge on any atom is 0.337 e. The topological polar surface area (TPSA) is 35.5 Å². The van der Waals surface area contributed by atoms with Crippen LogP contribution in [-0.4, -0.2) is 25.0 Å². The fourth-order valence-electron chi connectivity index (χ4n) is 4.03. The number of hydrogen-bond donors (Lipinski definition) is 0. The van der Waals surface area contributed by atoms with Crippen LogP contribution in [0.2, 0.25) is 0 Å². The molecule has 3 nitrogen and oxygen atoms in total. The van der Waals surface area contributed by atoms with E-state index in [-0.39, 0.29) is 5.97 Å². The minimum absolute atomic E-state index is 0.304. The molecule has 0 aliphatic rings. The van der Waals surface area contributed by atoms with E-state index in [0.29, 0.717) is 11.5 Å². The van der Waals surface area contributed by atoms with E-state index in [1.807, 2.05) is 30.3 Å². The molecule has 184 valence electrons. The SMILES string of the molecule is COC(=O)c1ccc(CC(C=Cc2ccccc2OCCCCCc2ccccc2)CCBr)cc1. The van der Waals surface area contributed by atoms with Crippen molar-refractivity contribution in [1.82, 2.24) is 0 Å². The second kappa shape index (κ2) is 15.2. The molecule has 0 bridgehead atoms. The van der Waals surface area contributed by atoms with Crippen LogP contribution in [0.1, 0.15) is 52.7 Å². The number of rotatable bonds is 14. The van der Waals surface area contributed by atoms with Gasteiger partial charge in [-0.1, -0.05) is 88.7 Å². The molecule has 1 unspecified atom stereocenters. The van der Waals surface area contributed by atoms with Gasteiger partial charge in [-0.2, -0.15) is 0 Å².